The number of rotatable bonds is 12. The quantitative estimate of drug-likeness (QED) is 0.134. The first-order chi connectivity index (χ1) is 17.9. The molecule has 1 saturated heterocycles. The lowest BCUT2D eigenvalue weighted by Gasteiger charge is -2.28. The summed E-state index contributed by atoms with van der Waals surface area (Å²) in [5, 5.41) is 13.8. The van der Waals surface area contributed by atoms with Crippen molar-refractivity contribution >= 4 is 52.9 Å². The van der Waals surface area contributed by atoms with Crippen molar-refractivity contribution in [2.45, 2.75) is 83.9 Å². The summed E-state index contributed by atoms with van der Waals surface area (Å²) in [5.41, 5.74) is -1.88. The number of carbonyl (C=O) groups excluding carboxylic acids is 2. The molecule has 1 aromatic heterocycles. The van der Waals surface area contributed by atoms with Crippen LogP contribution >= 0.6 is 30.0 Å². The molecule has 0 amide bonds. The SMILES string of the molecule is CC(C)OC(=O)[C@H](C)NP(=S)(OCCSC(=O)C(C)(C)C)OC[C@H]1O[C@@H](n2ccc(=O)[nH]c2=O)[C@](C)(Cl)[C@@H]1O. The van der Waals surface area contributed by atoms with Gasteiger partial charge >= 0.3 is 11.7 Å². The van der Waals surface area contributed by atoms with Gasteiger partial charge in [0.05, 0.1) is 19.3 Å². The minimum Gasteiger partial charge on any atom is -0.462 e. The number of hydrogen-bond acceptors (Lipinski definition) is 11. The van der Waals surface area contributed by atoms with Gasteiger partial charge in [0, 0.05) is 23.4 Å². The van der Waals surface area contributed by atoms with Crippen molar-refractivity contribution in [1.29, 1.82) is 0 Å². The average molecular weight is 630 g/mol. The first kappa shape index (κ1) is 34.1. The van der Waals surface area contributed by atoms with Crippen molar-refractivity contribution in [2.75, 3.05) is 19.0 Å². The number of aliphatic hydroxyl groups excluding tert-OH is 1. The number of aliphatic hydroxyl groups is 1. The Morgan fingerprint density at radius 2 is 1.97 bits per heavy atom. The molecular weight excluding hydrogens is 593 g/mol. The van der Waals surface area contributed by atoms with Crippen LogP contribution in [-0.4, -0.2) is 73.9 Å². The topological polar surface area (TPSA) is 158 Å². The van der Waals surface area contributed by atoms with E-state index in [1.54, 1.807) is 20.8 Å². The van der Waals surface area contributed by atoms with Crippen LogP contribution in [-0.2, 0) is 39.9 Å². The van der Waals surface area contributed by atoms with Crippen LogP contribution in [0.15, 0.2) is 21.9 Å². The summed E-state index contributed by atoms with van der Waals surface area (Å²) in [7, 11) is 0. The van der Waals surface area contributed by atoms with Crippen LogP contribution in [0.2, 0.25) is 0 Å². The van der Waals surface area contributed by atoms with Gasteiger partial charge in [0.15, 0.2) is 11.3 Å². The molecular formula is C23H37ClN3O9PS2. The zero-order valence-corrected chi connectivity index (χ0v) is 26.2. The first-order valence-corrected chi connectivity index (χ1v) is 16.3. The lowest BCUT2D eigenvalue weighted by atomic mass is 10.00. The largest absolute Gasteiger partial charge is 0.462 e. The molecule has 2 heterocycles. The number of halogens is 1. The maximum atomic E-state index is 12.4. The second-order valence-corrected chi connectivity index (χ2v) is 15.6. The van der Waals surface area contributed by atoms with E-state index in [4.69, 9.17) is 41.9 Å². The standard InChI is InChI=1S/C23H37ClN3O9PS2/c1-13(2)35-18(30)14(3)26-37(38,33-10-11-39-20(31)22(4,5)6)34-12-15-17(29)23(7,24)19(36-15)27-9-8-16(28)25-21(27)32/h8-9,13-15,17,19,29H,10-12H2,1-7H3,(H,26,38)(H,25,28,32)/t14-,15+,17+,19+,23+,37?/m0/s1. The molecule has 0 bridgehead atoms. The summed E-state index contributed by atoms with van der Waals surface area (Å²) < 4.78 is 23.9. The van der Waals surface area contributed by atoms with Crippen molar-refractivity contribution in [2.24, 2.45) is 5.41 Å². The fraction of sp³-hybridized carbons (Fsp3) is 0.739. The van der Waals surface area contributed by atoms with Crippen LogP contribution in [0.1, 0.15) is 54.7 Å². The fourth-order valence-corrected chi connectivity index (χ4v) is 6.94. The first-order valence-electron chi connectivity index (χ1n) is 12.3. The molecule has 6 atom stereocenters. The Balaban J connectivity index is 2.16. The molecule has 0 radical (unpaired) electrons. The highest BCUT2D eigenvalue weighted by atomic mass is 35.5. The van der Waals surface area contributed by atoms with Crippen LogP contribution in [0.4, 0.5) is 0 Å². The molecule has 0 saturated carbocycles. The van der Waals surface area contributed by atoms with E-state index in [0.717, 1.165) is 22.4 Å². The molecule has 3 N–H and O–H groups in total. The van der Waals surface area contributed by atoms with Gasteiger partial charge in [-0.15, -0.1) is 11.6 Å². The average Bonchev–Trinajstić information content (AvgIpc) is 3.03. The molecule has 12 nitrogen and oxygen atoms in total. The predicted molar refractivity (Wildman–Crippen MR) is 152 cm³/mol. The lowest BCUT2D eigenvalue weighted by Crippen LogP contribution is -2.43. The van der Waals surface area contributed by atoms with Crippen LogP contribution in [0.25, 0.3) is 0 Å². The number of H-pyrrole nitrogens is 1. The van der Waals surface area contributed by atoms with E-state index in [2.05, 4.69) is 10.1 Å². The third kappa shape index (κ3) is 9.47. The van der Waals surface area contributed by atoms with Gasteiger partial charge in [0.1, 0.15) is 23.1 Å². The molecule has 16 heteroatoms. The summed E-state index contributed by atoms with van der Waals surface area (Å²) in [6, 6.07) is 0.244. The maximum Gasteiger partial charge on any atom is 0.330 e. The highest BCUT2D eigenvalue weighted by Gasteiger charge is 2.53. The summed E-state index contributed by atoms with van der Waals surface area (Å²) in [4.78, 5) is 49.0. The number of aromatic amines is 1. The molecule has 0 spiro atoms. The molecule has 1 aromatic rings. The number of ether oxygens (including phenoxy) is 2. The smallest absolute Gasteiger partial charge is 0.330 e. The van der Waals surface area contributed by atoms with Gasteiger partial charge in [-0.05, 0) is 39.5 Å². The summed E-state index contributed by atoms with van der Waals surface area (Å²) in [6.07, 6.45) is -2.62. The summed E-state index contributed by atoms with van der Waals surface area (Å²) >= 11 is 13.3. The van der Waals surface area contributed by atoms with E-state index in [1.165, 1.54) is 13.1 Å². The Hall–Kier alpha value is -1.09. The number of alkyl halides is 1. The number of esters is 1. The zero-order valence-electron chi connectivity index (χ0n) is 23.0. The van der Waals surface area contributed by atoms with E-state index < -0.39 is 58.6 Å². The number of carbonyl (C=O) groups is 2. The van der Waals surface area contributed by atoms with E-state index in [-0.39, 0.29) is 24.4 Å². The molecule has 0 aromatic carbocycles. The Labute approximate surface area is 241 Å². The normalized spacial score (nSPS) is 25.8. The maximum absolute atomic E-state index is 12.4. The van der Waals surface area contributed by atoms with E-state index >= 15 is 0 Å². The van der Waals surface area contributed by atoms with Gasteiger partial charge in [-0.2, -0.15) is 0 Å². The number of nitrogens with one attached hydrogen (secondary N) is 2. The van der Waals surface area contributed by atoms with E-state index in [9.17, 15) is 24.3 Å². The van der Waals surface area contributed by atoms with E-state index in [1.807, 2.05) is 20.8 Å². The Morgan fingerprint density at radius 3 is 2.54 bits per heavy atom. The molecule has 222 valence electrons. The Morgan fingerprint density at radius 1 is 1.33 bits per heavy atom. The third-order valence-electron chi connectivity index (χ3n) is 5.48. The van der Waals surface area contributed by atoms with Crippen molar-refractivity contribution in [3.63, 3.8) is 0 Å². The number of nitrogens with zero attached hydrogens (tertiary/aromatic N) is 1. The molecule has 1 aliphatic heterocycles. The zero-order chi connectivity index (χ0) is 29.8. The molecule has 1 fully saturated rings. The highest BCUT2D eigenvalue weighted by molar-refractivity contribution is 8.13. The monoisotopic (exact) mass is 629 g/mol. The minimum absolute atomic E-state index is 0.0189. The lowest BCUT2D eigenvalue weighted by molar-refractivity contribution is -0.149. The van der Waals surface area contributed by atoms with Gasteiger partial charge < -0.3 is 23.6 Å². The molecule has 2 rings (SSSR count). The van der Waals surface area contributed by atoms with Crippen molar-refractivity contribution in [3.05, 3.63) is 33.1 Å². The van der Waals surface area contributed by atoms with Gasteiger partial charge in [-0.3, -0.25) is 23.9 Å². The van der Waals surface area contributed by atoms with E-state index in [0.29, 0.717) is 5.75 Å². The van der Waals surface area contributed by atoms with Crippen LogP contribution in [0, 0.1) is 5.41 Å². The fourth-order valence-electron chi connectivity index (χ4n) is 3.38. The Bertz CT molecular complexity index is 1180. The summed E-state index contributed by atoms with van der Waals surface area (Å²) in [5.74, 6) is -0.268. The molecule has 39 heavy (non-hydrogen) atoms. The second-order valence-electron chi connectivity index (χ2n) is 10.5. The van der Waals surface area contributed by atoms with Gasteiger partial charge in [0.25, 0.3) is 12.2 Å². The van der Waals surface area contributed by atoms with Crippen LogP contribution in [0.3, 0.4) is 0 Å². The van der Waals surface area contributed by atoms with Crippen LogP contribution in [0.5, 0.6) is 0 Å². The molecule has 1 unspecified atom stereocenters. The number of thioether (sulfide) groups is 1. The van der Waals surface area contributed by atoms with Gasteiger partial charge in [0.2, 0.25) is 0 Å². The molecule has 1 aliphatic rings. The van der Waals surface area contributed by atoms with Gasteiger partial charge in [-0.25, -0.2) is 9.88 Å². The second kappa shape index (κ2) is 13.7. The van der Waals surface area contributed by atoms with Gasteiger partial charge in [-0.1, -0.05) is 32.5 Å². The Kier molecular flexibility index (Phi) is 12.0. The highest BCUT2D eigenvalue weighted by Crippen LogP contribution is 2.48. The molecule has 0 aliphatic carbocycles. The third-order valence-corrected chi connectivity index (χ3v) is 9.80. The predicted octanol–water partition coefficient (Wildman–Crippen LogP) is 2.29. The summed E-state index contributed by atoms with van der Waals surface area (Å²) in [6.45, 7) is 8.24. The van der Waals surface area contributed by atoms with Crippen LogP contribution < -0.4 is 16.3 Å². The number of hydrogen-bond donors (Lipinski definition) is 3. The number of aromatic nitrogens is 2. The van der Waals surface area contributed by atoms with Crippen molar-refractivity contribution in [1.82, 2.24) is 14.6 Å². The van der Waals surface area contributed by atoms with Crippen molar-refractivity contribution < 1.29 is 33.2 Å². The minimum atomic E-state index is -3.39. The van der Waals surface area contributed by atoms with Crippen molar-refractivity contribution in [3.8, 4) is 0 Å².